The monoisotopic (exact) mass is 263 g/mol. The van der Waals surface area contributed by atoms with Gasteiger partial charge in [-0.1, -0.05) is 0 Å². The first kappa shape index (κ1) is 12.3. The number of ether oxygens (including phenoxy) is 2. The summed E-state index contributed by atoms with van der Waals surface area (Å²) in [6.45, 7) is 1.82. The lowest BCUT2D eigenvalue weighted by Gasteiger charge is -2.26. The maximum atomic E-state index is 11.8. The van der Waals surface area contributed by atoms with Gasteiger partial charge in [0.1, 0.15) is 12.2 Å². The number of carbonyl (C=O) groups excluding carboxylic acids is 1. The molecular weight excluding hydrogens is 250 g/mol. The van der Waals surface area contributed by atoms with Crippen molar-refractivity contribution in [2.45, 2.75) is 37.8 Å². The third-order valence-corrected chi connectivity index (χ3v) is 3.60. The Hall–Kier alpha value is -1.79. The van der Waals surface area contributed by atoms with Gasteiger partial charge in [-0.15, -0.1) is 0 Å². The molecule has 3 atom stereocenters. The molecule has 19 heavy (non-hydrogen) atoms. The van der Waals surface area contributed by atoms with Gasteiger partial charge in [0.25, 0.3) is 5.69 Å². The Bertz CT molecular complexity index is 540. The van der Waals surface area contributed by atoms with Crippen molar-refractivity contribution in [2.24, 2.45) is 0 Å². The lowest BCUT2D eigenvalue weighted by Crippen LogP contribution is -2.36. The van der Waals surface area contributed by atoms with E-state index in [9.17, 15) is 14.9 Å². The first-order valence-electron chi connectivity index (χ1n) is 6.11. The first-order valence-corrected chi connectivity index (χ1v) is 6.11. The molecule has 3 rings (SSSR count). The van der Waals surface area contributed by atoms with Crippen LogP contribution in [-0.4, -0.2) is 22.6 Å². The molecule has 0 aromatic heterocycles. The number of nitro groups is 1. The normalized spacial score (nSPS) is 33.4. The van der Waals surface area contributed by atoms with E-state index in [4.69, 9.17) is 9.47 Å². The third kappa shape index (κ3) is 2.02. The second-order valence-electron chi connectivity index (χ2n) is 5.03. The van der Waals surface area contributed by atoms with Crippen molar-refractivity contribution in [1.82, 2.24) is 0 Å². The zero-order chi connectivity index (χ0) is 13.6. The zero-order valence-corrected chi connectivity index (χ0v) is 10.4. The number of carbonyl (C=O) groups is 1. The smallest absolute Gasteiger partial charge is 0.269 e. The van der Waals surface area contributed by atoms with Gasteiger partial charge >= 0.3 is 0 Å². The molecule has 0 saturated carbocycles. The number of benzene rings is 1. The molecule has 2 bridgehead atoms. The number of fused-ring (bicyclic) bond motifs is 2. The molecule has 6 heteroatoms. The van der Waals surface area contributed by atoms with Gasteiger partial charge in [-0.3, -0.25) is 14.9 Å². The summed E-state index contributed by atoms with van der Waals surface area (Å²) < 4.78 is 11.5. The van der Waals surface area contributed by atoms with E-state index < -0.39 is 22.9 Å². The SMILES string of the molecule is C[C@]12CCC(=O)[C@H](O1)[C@H](c1ccc([N+](=O)[O-])cc1)O2. The van der Waals surface area contributed by atoms with Crippen molar-refractivity contribution in [2.75, 3.05) is 0 Å². The summed E-state index contributed by atoms with van der Waals surface area (Å²) in [6, 6.07) is 6.05. The number of Topliss-reactive ketones (excluding diaryl/α,β-unsaturated/α-hetero) is 1. The molecule has 2 aliphatic heterocycles. The van der Waals surface area contributed by atoms with E-state index in [1.807, 2.05) is 6.92 Å². The van der Waals surface area contributed by atoms with Gasteiger partial charge in [-0.05, 0) is 24.6 Å². The number of non-ortho nitro benzene ring substituents is 1. The van der Waals surface area contributed by atoms with Crippen molar-refractivity contribution in [3.8, 4) is 0 Å². The summed E-state index contributed by atoms with van der Waals surface area (Å²) in [5.41, 5.74) is 0.748. The number of hydrogen-bond donors (Lipinski definition) is 0. The average molecular weight is 263 g/mol. The predicted octanol–water partition coefficient (Wildman–Crippen LogP) is 2.13. The quantitative estimate of drug-likeness (QED) is 0.603. The van der Waals surface area contributed by atoms with E-state index >= 15 is 0 Å². The van der Waals surface area contributed by atoms with Crippen LogP contribution in [0.5, 0.6) is 0 Å². The van der Waals surface area contributed by atoms with Crippen LogP contribution in [0.2, 0.25) is 0 Å². The van der Waals surface area contributed by atoms with Crippen molar-refractivity contribution >= 4 is 11.5 Å². The minimum absolute atomic E-state index is 0.0168. The predicted molar refractivity (Wildman–Crippen MR) is 64.4 cm³/mol. The lowest BCUT2D eigenvalue weighted by molar-refractivity contribution is -0.384. The first-order chi connectivity index (χ1) is 8.98. The van der Waals surface area contributed by atoms with Crippen molar-refractivity contribution in [3.05, 3.63) is 39.9 Å². The molecule has 2 fully saturated rings. The standard InChI is InChI=1S/C13H13NO5/c1-13-7-6-10(15)12(19-13)11(18-13)8-2-4-9(5-3-8)14(16)17/h2-5,11-12H,6-7H2,1H3/t11-,12-,13+/m0/s1. The Labute approximate surface area is 109 Å². The van der Waals surface area contributed by atoms with E-state index in [1.165, 1.54) is 12.1 Å². The topological polar surface area (TPSA) is 78.7 Å². The van der Waals surface area contributed by atoms with Gasteiger partial charge in [0, 0.05) is 25.0 Å². The van der Waals surface area contributed by atoms with Crippen LogP contribution in [0.15, 0.2) is 24.3 Å². The number of nitrogens with zero attached hydrogens (tertiary/aromatic N) is 1. The Morgan fingerprint density at radius 2 is 1.89 bits per heavy atom. The molecular formula is C13H13NO5. The van der Waals surface area contributed by atoms with Gasteiger partial charge < -0.3 is 9.47 Å². The van der Waals surface area contributed by atoms with Gasteiger partial charge in [0.15, 0.2) is 11.6 Å². The van der Waals surface area contributed by atoms with E-state index in [0.717, 1.165) is 5.56 Å². The summed E-state index contributed by atoms with van der Waals surface area (Å²) in [7, 11) is 0. The van der Waals surface area contributed by atoms with Crippen LogP contribution in [0.1, 0.15) is 31.4 Å². The Kier molecular flexibility index (Phi) is 2.65. The van der Waals surface area contributed by atoms with Crippen molar-refractivity contribution in [3.63, 3.8) is 0 Å². The molecule has 2 heterocycles. The van der Waals surface area contributed by atoms with Crippen molar-refractivity contribution < 1.29 is 19.2 Å². The van der Waals surface area contributed by atoms with Crippen LogP contribution < -0.4 is 0 Å². The van der Waals surface area contributed by atoms with E-state index in [1.54, 1.807) is 12.1 Å². The van der Waals surface area contributed by atoms with Crippen LogP contribution in [0, 0.1) is 10.1 Å². The fourth-order valence-electron chi connectivity index (χ4n) is 2.56. The van der Waals surface area contributed by atoms with Crippen LogP contribution in [0.3, 0.4) is 0 Å². The molecule has 1 aromatic carbocycles. The molecule has 0 aliphatic carbocycles. The van der Waals surface area contributed by atoms with Gasteiger partial charge in [0.2, 0.25) is 0 Å². The maximum absolute atomic E-state index is 11.8. The number of hydrogen-bond acceptors (Lipinski definition) is 5. The summed E-state index contributed by atoms with van der Waals surface area (Å²) in [5.74, 6) is -0.691. The Balaban J connectivity index is 1.90. The van der Waals surface area contributed by atoms with Crippen LogP contribution in [0.4, 0.5) is 5.69 Å². The highest BCUT2D eigenvalue weighted by Crippen LogP contribution is 2.45. The molecule has 6 nitrogen and oxygen atoms in total. The lowest BCUT2D eigenvalue weighted by atomic mass is 9.97. The molecule has 1 aromatic rings. The Morgan fingerprint density at radius 3 is 2.53 bits per heavy atom. The Morgan fingerprint density at radius 1 is 1.26 bits per heavy atom. The average Bonchev–Trinajstić information content (AvgIpc) is 2.69. The number of nitro benzene ring substituents is 1. The van der Waals surface area contributed by atoms with E-state index in [0.29, 0.717) is 12.8 Å². The summed E-state index contributed by atoms with van der Waals surface area (Å²) in [5, 5.41) is 10.6. The fraction of sp³-hybridized carbons (Fsp3) is 0.462. The fourth-order valence-corrected chi connectivity index (χ4v) is 2.56. The molecule has 2 saturated heterocycles. The van der Waals surface area contributed by atoms with Crippen molar-refractivity contribution in [1.29, 1.82) is 0 Å². The zero-order valence-electron chi connectivity index (χ0n) is 10.4. The largest absolute Gasteiger partial charge is 0.339 e. The highest BCUT2D eigenvalue weighted by atomic mass is 16.8. The van der Waals surface area contributed by atoms with Gasteiger partial charge in [0.05, 0.1) is 4.92 Å². The minimum atomic E-state index is -0.717. The maximum Gasteiger partial charge on any atom is 0.269 e. The molecule has 2 aliphatic rings. The second-order valence-corrected chi connectivity index (χ2v) is 5.03. The highest BCUT2D eigenvalue weighted by Gasteiger charge is 2.51. The highest BCUT2D eigenvalue weighted by molar-refractivity contribution is 5.85. The minimum Gasteiger partial charge on any atom is -0.339 e. The van der Waals surface area contributed by atoms with E-state index in [-0.39, 0.29) is 11.5 Å². The molecule has 0 N–H and O–H groups in total. The summed E-state index contributed by atoms with van der Waals surface area (Å²) >= 11 is 0. The second kappa shape index (κ2) is 4.11. The molecule has 0 amide bonds. The van der Waals surface area contributed by atoms with Crippen LogP contribution >= 0.6 is 0 Å². The summed E-state index contributed by atoms with van der Waals surface area (Å²) in [6.07, 6.45) is -0.0720. The van der Waals surface area contributed by atoms with E-state index in [2.05, 4.69) is 0 Å². The van der Waals surface area contributed by atoms with Gasteiger partial charge in [-0.25, -0.2) is 0 Å². The van der Waals surface area contributed by atoms with Crippen LogP contribution in [-0.2, 0) is 14.3 Å². The van der Waals surface area contributed by atoms with Crippen LogP contribution in [0.25, 0.3) is 0 Å². The van der Waals surface area contributed by atoms with Gasteiger partial charge in [-0.2, -0.15) is 0 Å². The molecule has 100 valence electrons. The summed E-state index contributed by atoms with van der Waals surface area (Å²) in [4.78, 5) is 22.0. The molecule has 0 unspecified atom stereocenters. The number of ketones is 1. The molecule has 0 spiro atoms. The third-order valence-electron chi connectivity index (χ3n) is 3.60. The number of rotatable bonds is 2. The molecule has 0 radical (unpaired) electrons.